The summed E-state index contributed by atoms with van der Waals surface area (Å²) < 4.78 is 0. The molecule has 0 bridgehead atoms. The lowest BCUT2D eigenvalue weighted by atomic mass is 10.0. The Morgan fingerprint density at radius 3 is 2.50 bits per heavy atom. The van der Waals surface area contributed by atoms with Gasteiger partial charge in [-0.1, -0.05) is 26.0 Å². The van der Waals surface area contributed by atoms with Crippen LogP contribution >= 0.6 is 0 Å². The number of rotatable bonds is 6. The Morgan fingerprint density at radius 2 is 1.82 bits per heavy atom. The standard InChI is InChI=1S/C23H29N3O2/c1-16(2)18-7-6-8-20(14-18)25-22(27)15-24-21-10-9-19(13-17(21)3)23(28)26-11-4-5-12-26/h6-10,13-14,16,24H,4-5,11-12,15H2,1-3H3,(H,25,27). The number of nitrogens with one attached hydrogen (secondary N) is 2. The smallest absolute Gasteiger partial charge is 0.253 e. The number of nitrogens with zero attached hydrogens (tertiary/aromatic N) is 1. The van der Waals surface area contributed by atoms with Gasteiger partial charge in [0, 0.05) is 30.0 Å². The molecule has 1 aliphatic rings. The first kappa shape index (κ1) is 19.9. The minimum Gasteiger partial charge on any atom is -0.376 e. The van der Waals surface area contributed by atoms with Crippen LogP contribution in [0.4, 0.5) is 11.4 Å². The van der Waals surface area contributed by atoms with Gasteiger partial charge in [0.25, 0.3) is 5.91 Å². The summed E-state index contributed by atoms with van der Waals surface area (Å²) in [5, 5.41) is 6.10. The summed E-state index contributed by atoms with van der Waals surface area (Å²) in [4.78, 5) is 26.7. The van der Waals surface area contributed by atoms with E-state index in [1.54, 1.807) is 0 Å². The van der Waals surface area contributed by atoms with Crippen LogP contribution in [-0.2, 0) is 4.79 Å². The first-order valence-electron chi connectivity index (χ1n) is 9.97. The average Bonchev–Trinajstić information content (AvgIpc) is 3.21. The first-order valence-corrected chi connectivity index (χ1v) is 9.97. The Morgan fingerprint density at radius 1 is 1.07 bits per heavy atom. The van der Waals surface area contributed by atoms with Gasteiger partial charge < -0.3 is 15.5 Å². The van der Waals surface area contributed by atoms with Crippen LogP contribution in [0, 0.1) is 6.92 Å². The highest BCUT2D eigenvalue weighted by atomic mass is 16.2. The van der Waals surface area contributed by atoms with Gasteiger partial charge in [-0.25, -0.2) is 0 Å². The van der Waals surface area contributed by atoms with Crippen molar-refractivity contribution in [2.75, 3.05) is 30.3 Å². The van der Waals surface area contributed by atoms with Crippen molar-refractivity contribution in [3.8, 4) is 0 Å². The van der Waals surface area contributed by atoms with Gasteiger partial charge in [0.2, 0.25) is 5.91 Å². The molecule has 0 atom stereocenters. The number of carbonyl (C=O) groups is 2. The van der Waals surface area contributed by atoms with Crippen molar-refractivity contribution < 1.29 is 9.59 Å². The number of anilines is 2. The summed E-state index contributed by atoms with van der Waals surface area (Å²) in [6, 6.07) is 13.5. The maximum atomic E-state index is 12.5. The molecule has 0 spiro atoms. The van der Waals surface area contributed by atoms with Gasteiger partial charge in [0.1, 0.15) is 0 Å². The van der Waals surface area contributed by atoms with Crippen LogP contribution in [0.3, 0.4) is 0 Å². The van der Waals surface area contributed by atoms with Crippen LogP contribution in [-0.4, -0.2) is 36.3 Å². The van der Waals surface area contributed by atoms with E-state index in [4.69, 9.17) is 0 Å². The van der Waals surface area contributed by atoms with Gasteiger partial charge in [0.05, 0.1) is 6.54 Å². The summed E-state index contributed by atoms with van der Waals surface area (Å²) >= 11 is 0. The predicted octanol–water partition coefficient (Wildman–Crippen LogP) is 4.41. The molecule has 2 aromatic rings. The minimum absolute atomic E-state index is 0.0925. The maximum absolute atomic E-state index is 12.5. The Bertz CT molecular complexity index is 855. The SMILES string of the molecule is Cc1cc(C(=O)N2CCCC2)ccc1NCC(=O)Nc1cccc(C(C)C)c1. The molecule has 0 aliphatic carbocycles. The number of amides is 2. The van der Waals surface area contributed by atoms with Gasteiger partial charge in [-0.2, -0.15) is 0 Å². The Hall–Kier alpha value is -2.82. The fourth-order valence-corrected chi connectivity index (χ4v) is 3.45. The van der Waals surface area contributed by atoms with Gasteiger partial charge in [-0.3, -0.25) is 9.59 Å². The third kappa shape index (κ3) is 4.91. The van der Waals surface area contributed by atoms with Crippen molar-refractivity contribution in [2.24, 2.45) is 0 Å². The highest BCUT2D eigenvalue weighted by molar-refractivity contribution is 5.96. The lowest BCUT2D eigenvalue weighted by molar-refractivity contribution is -0.114. The lowest BCUT2D eigenvalue weighted by Gasteiger charge is -2.17. The molecule has 2 amide bonds. The molecule has 28 heavy (non-hydrogen) atoms. The van der Waals surface area contributed by atoms with Crippen LogP contribution in [0.5, 0.6) is 0 Å². The summed E-state index contributed by atoms with van der Waals surface area (Å²) in [7, 11) is 0. The maximum Gasteiger partial charge on any atom is 0.253 e. The van der Waals surface area contributed by atoms with Crippen molar-refractivity contribution in [3.63, 3.8) is 0 Å². The van der Waals surface area contributed by atoms with Crippen molar-refractivity contribution in [1.29, 1.82) is 0 Å². The van der Waals surface area contributed by atoms with E-state index in [-0.39, 0.29) is 18.4 Å². The second-order valence-corrected chi connectivity index (χ2v) is 7.71. The topological polar surface area (TPSA) is 61.4 Å². The number of benzene rings is 2. The van der Waals surface area contributed by atoms with Crippen molar-refractivity contribution in [1.82, 2.24) is 4.90 Å². The van der Waals surface area contributed by atoms with Crippen LogP contribution in [0.2, 0.25) is 0 Å². The van der Waals surface area contributed by atoms with Gasteiger partial charge in [0.15, 0.2) is 0 Å². The second kappa shape index (κ2) is 8.91. The third-order valence-electron chi connectivity index (χ3n) is 5.14. The van der Waals surface area contributed by atoms with E-state index in [1.807, 2.05) is 48.2 Å². The molecule has 1 fully saturated rings. The van der Waals surface area contributed by atoms with Crippen molar-refractivity contribution in [3.05, 3.63) is 59.2 Å². The molecular weight excluding hydrogens is 350 g/mol. The molecule has 0 saturated carbocycles. The zero-order valence-electron chi connectivity index (χ0n) is 16.9. The van der Waals surface area contributed by atoms with E-state index in [0.29, 0.717) is 11.5 Å². The number of aryl methyl sites for hydroxylation is 1. The summed E-state index contributed by atoms with van der Waals surface area (Å²) in [5.74, 6) is 0.409. The largest absolute Gasteiger partial charge is 0.376 e. The molecule has 0 aromatic heterocycles. The van der Waals surface area contributed by atoms with E-state index in [1.165, 1.54) is 5.56 Å². The molecule has 1 saturated heterocycles. The lowest BCUT2D eigenvalue weighted by Crippen LogP contribution is -2.27. The van der Waals surface area contributed by atoms with E-state index < -0.39 is 0 Å². The van der Waals surface area contributed by atoms with Crippen LogP contribution in [0.15, 0.2) is 42.5 Å². The molecule has 2 aromatic carbocycles. The molecule has 0 radical (unpaired) electrons. The molecule has 1 heterocycles. The predicted molar refractivity (Wildman–Crippen MR) is 114 cm³/mol. The van der Waals surface area contributed by atoms with E-state index in [0.717, 1.165) is 42.9 Å². The third-order valence-corrected chi connectivity index (χ3v) is 5.14. The Kier molecular flexibility index (Phi) is 6.34. The number of hydrogen-bond donors (Lipinski definition) is 2. The fourth-order valence-electron chi connectivity index (χ4n) is 3.45. The monoisotopic (exact) mass is 379 g/mol. The summed E-state index contributed by atoms with van der Waals surface area (Å²) in [5.41, 5.74) is 4.53. The van der Waals surface area contributed by atoms with E-state index in [9.17, 15) is 9.59 Å². The zero-order valence-corrected chi connectivity index (χ0v) is 16.9. The minimum atomic E-state index is -0.0995. The molecule has 0 unspecified atom stereocenters. The summed E-state index contributed by atoms with van der Waals surface area (Å²) in [6.45, 7) is 8.07. The summed E-state index contributed by atoms with van der Waals surface area (Å²) in [6.07, 6.45) is 2.17. The van der Waals surface area contributed by atoms with Gasteiger partial charge >= 0.3 is 0 Å². The average molecular weight is 380 g/mol. The van der Waals surface area contributed by atoms with E-state index in [2.05, 4.69) is 30.5 Å². The van der Waals surface area contributed by atoms with E-state index >= 15 is 0 Å². The fraction of sp³-hybridized carbons (Fsp3) is 0.391. The molecule has 5 heteroatoms. The quantitative estimate of drug-likeness (QED) is 0.782. The van der Waals surface area contributed by atoms with Crippen LogP contribution in [0.25, 0.3) is 0 Å². The Labute approximate surface area is 167 Å². The zero-order chi connectivity index (χ0) is 20.1. The molecule has 5 nitrogen and oxygen atoms in total. The van der Waals surface area contributed by atoms with Crippen molar-refractivity contribution >= 4 is 23.2 Å². The molecular formula is C23H29N3O2. The second-order valence-electron chi connectivity index (χ2n) is 7.71. The molecule has 148 valence electrons. The van der Waals surface area contributed by atoms with Gasteiger partial charge in [-0.15, -0.1) is 0 Å². The van der Waals surface area contributed by atoms with Crippen molar-refractivity contribution in [2.45, 2.75) is 39.5 Å². The van der Waals surface area contributed by atoms with Crippen LogP contribution in [0.1, 0.15) is 54.1 Å². The molecule has 2 N–H and O–H groups in total. The number of carbonyl (C=O) groups excluding carboxylic acids is 2. The normalized spacial score (nSPS) is 13.6. The highest BCUT2D eigenvalue weighted by Gasteiger charge is 2.19. The van der Waals surface area contributed by atoms with Gasteiger partial charge in [-0.05, 0) is 67.1 Å². The number of likely N-dealkylation sites (tertiary alicyclic amines) is 1. The Balaban J connectivity index is 1.57. The molecule has 3 rings (SSSR count). The molecule has 1 aliphatic heterocycles. The van der Waals surface area contributed by atoms with Crippen LogP contribution < -0.4 is 10.6 Å². The first-order chi connectivity index (χ1) is 13.4. The number of hydrogen-bond acceptors (Lipinski definition) is 3. The highest BCUT2D eigenvalue weighted by Crippen LogP contribution is 2.20.